The summed E-state index contributed by atoms with van der Waals surface area (Å²) in [6.45, 7) is 4.15. The summed E-state index contributed by atoms with van der Waals surface area (Å²) < 4.78 is 8.13. The van der Waals surface area contributed by atoms with Crippen LogP contribution in [-0.4, -0.2) is 55.5 Å². The fourth-order valence-corrected chi connectivity index (χ4v) is 3.73. The summed E-state index contributed by atoms with van der Waals surface area (Å²) in [7, 11) is 2.96. The molecule has 30 heavy (non-hydrogen) atoms. The normalized spacial score (nSPS) is 14.9. The Morgan fingerprint density at radius 1 is 0.967 bits per heavy atom. The van der Waals surface area contributed by atoms with Gasteiger partial charge in [0.05, 0.1) is 6.61 Å². The molecule has 0 saturated carbocycles. The maximum absolute atomic E-state index is 12.4. The van der Waals surface area contributed by atoms with Gasteiger partial charge < -0.3 is 9.64 Å². The van der Waals surface area contributed by atoms with E-state index in [2.05, 4.69) is 20.1 Å². The Morgan fingerprint density at radius 2 is 1.70 bits per heavy atom. The molecule has 1 aromatic carbocycles. The Morgan fingerprint density at radius 3 is 2.43 bits per heavy atom. The van der Waals surface area contributed by atoms with Gasteiger partial charge in [-0.25, -0.2) is 9.78 Å². The molecule has 0 bridgehead atoms. The average Bonchev–Trinajstić information content (AvgIpc) is 2.80. The molecule has 0 radical (unpaired) electrons. The van der Waals surface area contributed by atoms with E-state index in [0.29, 0.717) is 12.4 Å². The van der Waals surface area contributed by atoms with Crippen molar-refractivity contribution >= 4 is 11.2 Å². The largest absolute Gasteiger partial charge is 0.494 e. The summed E-state index contributed by atoms with van der Waals surface area (Å²) in [6.07, 6.45) is 4.96. The number of rotatable bonds is 6. The van der Waals surface area contributed by atoms with Gasteiger partial charge in [0.2, 0.25) is 0 Å². The maximum Gasteiger partial charge on any atom is 0.332 e. The fraction of sp³-hybridized carbons (Fsp3) is 0.476. The number of hydrogen-bond donors (Lipinski definition) is 0. The first kappa shape index (κ1) is 20.2. The van der Waals surface area contributed by atoms with E-state index in [9.17, 15) is 9.59 Å². The Labute approximate surface area is 173 Å². The minimum Gasteiger partial charge on any atom is -0.494 e. The van der Waals surface area contributed by atoms with Crippen LogP contribution < -0.4 is 16.0 Å². The number of aryl methyl sites for hydroxylation is 1. The van der Waals surface area contributed by atoms with Gasteiger partial charge in [-0.1, -0.05) is 6.42 Å². The van der Waals surface area contributed by atoms with Crippen LogP contribution in [0.5, 0.6) is 5.75 Å². The predicted octanol–water partition coefficient (Wildman–Crippen LogP) is 1.34. The first-order chi connectivity index (χ1) is 14.5. The third-order valence-corrected chi connectivity index (χ3v) is 5.52. The van der Waals surface area contributed by atoms with Gasteiger partial charge in [-0.3, -0.25) is 13.9 Å². The minimum atomic E-state index is -0.488. The first-order valence-corrected chi connectivity index (χ1v) is 10.3. The van der Waals surface area contributed by atoms with Crippen LogP contribution in [0.25, 0.3) is 22.6 Å². The van der Waals surface area contributed by atoms with Crippen LogP contribution >= 0.6 is 0 Å². The van der Waals surface area contributed by atoms with Crippen LogP contribution in [0.15, 0.2) is 33.9 Å². The number of hydrogen-bond acceptors (Lipinski definition) is 7. The van der Waals surface area contributed by atoms with Crippen LogP contribution in [0.1, 0.15) is 25.7 Å². The van der Waals surface area contributed by atoms with Gasteiger partial charge in [0, 0.05) is 26.2 Å². The molecular weight excluding hydrogens is 384 g/mol. The van der Waals surface area contributed by atoms with Crippen LogP contribution in [0.2, 0.25) is 0 Å². The summed E-state index contributed by atoms with van der Waals surface area (Å²) >= 11 is 0. The second-order valence-corrected chi connectivity index (χ2v) is 7.64. The summed E-state index contributed by atoms with van der Waals surface area (Å²) in [5, 5.41) is 8.14. The third kappa shape index (κ3) is 4.11. The molecule has 4 rings (SSSR count). The molecule has 3 heterocycles. The standard InChI is InChI=1S/C21H26N6O3/c1-25-19-17(20(28)26(2)21(25)29)22-18(23-24-19)15-7-9-16(10-8-15)30-14-6-13-27-11-4-3-5-12-27/h7-10H,3-6,11-14H2,1-2H3. The monoisotopic (exact) mass is 410 g/mol. The second kappa shape index (κ2) is 8.74. The highest BCUT2D eigenvalue weighted by Gasteiger charge is 2.14. The van der Waals surface area contributed by atoms with Gasteiger partial charge in [-0.2, -0.15) is 0 Å². The average molecular weight is 410 g/mol. The third-order valence-electron chi connectivity index (χ3n) is 5.52. The van der Waals surface area contributed by atoms with Crippen molar-refractivity contribution in [2.75, 3.05) is 26.2 Å². The SMILES string of the molecule is Cn1c(=O)c2nc(-c3ccc(OCCCN4CCCCC4)cc3)nnc2n(C)c1=O. The maximum atomic E-state index is 12.4. The van der Waals surface area contributed by atoms with E-state index in [4.69, 9.17) is 4.74 Å². The van der Waals surface area contributed by atoms with Crippen LogP contribution in [0.4, 0.5) is 0 Å². The number of likely N-dealkylation sites (tertiary alicyclic amines) is 1. The summed E-state index contributed by atoms with van der Waals surface area (Å²) in [6, 6.07) is 7.41. The summed E-state index contributed by atoms with van der Waals surface area (Å²) in [5.41, 5.74) is 0.0557. The first-order valence-electron chi connectivity index (χ1n) is 10.3. The van der Waals surface area contributed by atoms with Crippen molar-refractivity contribution in [2.45, 2.75) is 25.7 Å². The van der Waals surface area contributed by atoms with E-state index in [1.165, 1.54) is 51.0 Å². The lowest BCUT2D eigenvalue weighted by molar-refractivity contribution is 0.205. The molecule has 1 aliphatic rings. The highest BCUT2D eigenvalue weighted by atomic mass is 16.5. The van der Waals surface area contributed by atoms with E-state index < -0.39 is 11.2 Å². The number of nitrogens with zero attached hydrogens (tertiary/aromatic N) is 6. The van der Waals surface area contributed by atoms with Crippen LogP contribution in [0, 0.1) is 0 Å². The van der Waals surface area contributed by atoms with Gasteiger partial charge >= 0.3 is 5.69 Å². The van der Waals surface area contributed by atoms with E-state index in [1.807, 2.05) is 24.3 Å². The van der Waals surface area contributed by atoms with Crippen molar-refractivity contribution in [2.24, 2.45) is 14.1 Å². The Bertz CT molecular complexity index is 1150. The molecular formula is C21H26N6O3. The number of fused-ring (bicyclic) bond motifs is 1. The quantitative estimate of drug-likeness (QED) is 0.566. The van der Waals surface area contributed by atoms with E-state index in [-0.39, 0.29) is 11.2 Å². The second-order valence-electron chi connectivity index (χ2n) is 7.64. The molecule has 0 aliphatic carbocycles. The topological polar surface area (TPSA) is 95.1 Å². The zero-order valence-corrected chi connectivity index (χ0v) is 17.4. The fourth-order valence-electron chi connectivity index (χ4n) is 3.73. The molecule has 1 aliphatic heterocycles. The van der Waals surface area contributed by atoms with Gasteiger partial charge in [0.15, 0.2) is 17.0 Å². The molecule has 3 aromatic rings. The van der Waals surface area contributed by atoms with E-state index >= 15 is 0 Å². The molecule has 0 N–H and O–H groups in total. The molecule has 0 unspecified atom stereocenters. The molecule has 2 aromatic heterocycles. The van der Waals surface area contributed by atoms with Gasteiger partial charge in [-0.15, -0.1) is 10.2 Å². The number of piperidine rings is 1. The molecule has 9 heteroatoms. The molecule has 1 saturated heterocycles. The minimum absolute atomic E-state index is 0.114. The van der Waals surface area contributed by atoms with Gasteiger partial charge in [-0.05, 0) is 56.6 Å². The van der Waals surface area contributed by atoms with Crippen molar-refractivity contribution < 1.29 is 4.74 Å². The lowest BCUT2D eigenvalue weighted by Gasteiger charge is -2.26. The Kier molecular flexibility index (Phi) is 5.89. The van der Waals surface area contributed by atoms with Crippen molar-refractivity contribution in [3.8, 4) is 17.1 Å². The van der Waals surface area contributed by atoms with Gasteiger partial charge in [0.25, 0.3) is 5.56 Å². The smallest absolute Gasteiger partial charge is 0.332 e. The molecule has 0 amide bonds. The lowest BCUT2D eigenvalue weighted by atomic mass is 10.1. The number of benzene rings is 1. The van der Waals surface area contributed by atoms with Crippen molar-refractivity contribution in [3.63, 3.8) is 0 Å². The van der Waals surface area contributed by atoms with Gasteiger partial charge in [0.1, 0.15) is 5.75 Å². The van der Waals surface area contributed by atoms with Crippen LogP contribution in [-0.2, 0) is 14.1 Å². The molecule has 9 nitrogen and oxygen atoms in total. The zero-order valence-electron chi connectivity index (χ0n) is 17.4. The van der Waals surface area contributed by atoms with Crippen molar-refractivity contribution in [1.29, 1.82) is 0 Å². The number of ether oxygens (including phenoxy) is 1. The van der Waals surface area contributed by atoms with E-state index in [0.717, 1.165) is 28.8 Å². The molecule has 158 valence electrons. The predicted molar refractivity (Wildman–Crippen MR) is 114 cm³/mol. The molecule has 0 spiro atoms. The van der Waals surface area contributed by atoms with E-state index in [1.54, 1.807) is 0 Å². The highest BCUT2D eigenvalue weighted by Crippen LogP contribution is 2.20. The highest BCUT2D eigenvalue weighted by molar-refractivity contribution is 5.71. The van der Waals surface area contributed by atoms with Crippen molar-refractivity contribution in [1.82, 2.24) is 29.2 Å². The Hall–Kier alpha value is -3.07. The number of aromatic nitrogens is 5. The Balaban J connectivity index is 1.44. The lowest BCUT2D eigenvalue weighted by Crippen LogP contribution is -2.38. The zero-order chi connectivity index (χ0) is 21.1. The molecule has 0 atom stereocenters. The summed E-state index contributed by atoms with van der Waals surface area (Å²) in [5.74, 6) is 1.11. The van der Waals surface area contributed by atoms with Crippen LogP contribution in [0.3, 0.4) is 0 Å². The van der Waals surface area contributed by atoms with Crippen molar-refractivity contribution in [3.05, 3.63) is 45.1 Å². The molecule has 1 fully saturated rings. The summed E-state index contributed by atoms with van der Waals surface area (Å²) in [4.78, 5) is 31.3.